The summed E-state index contributed by atoms with van der Waals surface area (Å²) in [4.78, 5) is 27.4. The summed E-state index contributed by atoms with van der Waals surface area (Å²) < 4.78 is 0.976. The molecule has 2 atom stereocenters. The summed E-state index contributed by atoms with van der Waals surface area (Å²) in [5.41, 5.74) is 2.05. The Labute approximate surface area is 196 Å². The SMILES string of the molecule is CC[C@@H](C)NC(=O)[C@H](C)N(Cc1ccc(Br)cc1)C(=O)CSCc1cccc(Cl)c1. The van der Waals surface area contributed by atoms with Gasteiger partial charge in [-0.3, -0.25) is 9.59 Å². The quantitative estimate of drug-likeness (QED) is 0.447. The van der Waals surface area contributed by atoms with Crippen LogP contribution in [0.15, 0.2) is 53.0 Å². The molecule has 2 aromatic rings. The average Bonchev–Trinajstić information content (AvgIpc) is 2.72. The van der Waals surface area contributed by atoms with Gasteiger partial charge in [0.2, 0.25) is 11.8 Å². The molecule has 0 heterocycles. The third kappa shape index (κ3) is 7.97. The minimum Gasteiger partial charge on any atom is -0.352 e. The monoisotopic (exact) mass is 510 g/mol. The van der Waals surface area contributed by atoms with Gasteiger partial charge in [-0.15, -0.1) is 11.8 Å². The molecule has 1 N–H and O–H groups in total. The van der Waals surface area contributed by atoms with Crippen molar-refractivity contribution < 1.29 is 9.59 Å². The second-order valence-corrected chi connectivity index (χ2v) is 9.60. The lowest BCUT2D eigenvalue weighted by atomic mass is 10.1. The highest BCUT2D eigenvalue weighted by Crippen LogP contribution is 2.19. The Bertz CT molecular complexity index is 847. The highest BCUT2D eigenvalue weighted by atomic mass is 79.9. The molecule has 0 spiro atoms. The van der Waals surface area contributed by atoms with E-state index in [9.17, 15) is 9.59 Å². The minimum atomic E-state index is -0.554. The second-order valence-electron chi connectivity index (χ2n) is 7.26. The molecule has 0 unspecified atom stereocenters. The van der Waals surface area contributed by atoms with Gasteiger partial charge in [0.05, 0.1) is 5.75 Å². The number of halogens is 2. The predicted octanol–water partition coefficient (Wildman–Crippen LogP) is 5.67. The summed E-state index contributed by atoms with van der Waals surface area (Å²) in [6, 6.07) is 15.0. The molecule has 0 aliphatic rings. The lowest BCUT2D eigenvalue weighted by molar-refractivity contribution is -0.138. The molecular weight excluding hydrogens is 484 g/mol. The van der Waals surface area contributed by atoms with Crippen LogP contribution in [0.2, 0.25) is 5.02 Å². The Kier molecular flexibility index (Phi) is 10.2. The Morgan fingerprint density at radius 3 is 2.47 bits per heavy atom. The number of nitrogens with zero attached hydrogens (tertiary/aromatic N) is 1. The van der Waals surface area contributed by atoms with E-state index in [1.54, 1.807) is 11.8 Å². The minimum absolute atomic E-state index is 0.0586. The summed E-state index contributed by atoms with van der Waals surface area (Å²) >= 11 is 11.0. The van der Waals surface area contributed by atoms with Gasteiger partial charge in [-0.1, -0.05) is 58.7 Å². The number of thioether (sulfide) groups is 1. The first-order chi connectivity index (χ1) is 14.3. The largest absolute Gasteiger partial charge is 0.352 e. The smallest absolute Gasteiger partial charge is 0.242 e. The summed E-state index contributed by atoms with van der Waals surface area (Å²) in [5, 5.41) is 3.67. The third-order valence-corrected chi connectivity index (χ3v) is 6.57. The van der Waals surface area contributed by atoms with Crippen molar-refractivity contribution in [3.8, 4) is 0 Å². The Morgan fingerprint density at radius 1 is 1.13 bits per heavy atom. The number of amides is 2. The second kappa shape index (κ2) is 12.4. The number of hydrogen-bond donors (Lipinski definition) is 1. The first kappa shape index (κ1) is 24.8. The van der Waals surface area contributed by atoms with Crippen molar-refractivity contribution in [2.24, 2.45) is 0 Å². The zero-order valence-electron chi connectivity index (χ0n) is 17.5. The molecule has 162 valence electrons. The summed E-state index contributed by atoms with van der Waals surface area (Å²) in [7, 11) is 0. The van der Waals surface area contributed by atoms with Gasteiger partial charge in [-0.05, 0) is 55.7 Å². The maximum absolute atomic E-state index is 13.1. The fraction of sp³-hybridized carbons (Fsp3) is 0.391. The highest BCUT2D eigenvalue weighted by Gasteiger charge is 2.26. The first-order valence-electron chi connectivity index (χ1n) is 9.96. The van der Waals surface area contributed by atoms with Gasteiger partial charge in [0.1, 0.15) is 6.04 Å². The number of hydrogen-bond acceptors (Lipinski definition) is 3. The van der Waals surface area contributed by atoms with E-state index in [0.717, 1.165) is 22.0 Å². The van der Waals surface area contributed by atoms with E-state index in [-0.39, 0.29) is 17.9 Å². The normalized spacial score (nSPS) is 12.8. The van der Waals surface area contributed by atoms with Gasteiger partial charge >= 0.3 is 0 Å². The van der Waals surface area contributed by atoms with Crippen molar-refractivity contribution in [2.75, 3.05) is 5.75 Å². The zero-order valence-corrected chi connectivity index (χ0v) is 20.7. The van der Waals surface area contributed by atoms with E-state index in [4.69, 9.17) is 11.6 Å². The number of carbonyl (C=O) groups excluding carboxylic acids is 2. The molecule has 4 nitrogen and oxygen atoms in total. The lowest BCUT2D eigenvalue weighted by Crippen LogP contribution is -2.50. The molecule has 0 aliphatic heterocycles. The van der Waals surface area contributed by atoms with Crippen LogP contribution < -0.4 is 5.32 Å². The van der Waals surface area contributed by atoms with Crippen molar-refractivity contribution in [1.82, 2.24) is 10.2 Å². The first-order valence-corrected chi connectivity index (χ1v) is 12.3. The van der Waals surface area contributed by atoms with Gasteiger partial charge in [0, 0.05) is 27.8 Å². The molecule has 0 aliphatic carbocycles. The van der Waals surface area contributed by atoms with Crippen molar-refractivity contribution in [1.29, 1.82) is 0 Å². The average molecular weight is 512 g/mol. The molecule has 0 aromatic heterocycles. The van der Waals surface area contributed by atoms with Gasteiger partial charge in [-0.25, -0.2) is 0 Å². The zero-order chi connectivity index (χ0) is 22.1. The lowest BCUT2D eigenvalue weighted by Gasteiger charge is -2.29. The topological polar surface area (TPSA) is 49.4 Å². The Hall–Kier alpha value is -1.50. The standard InChI is InChI=1S/C23H28BrClN2O2S/c1-4-16(2)26-23(29)17(3)27(13-18-8-10-20(24)11-9-18)22(28)15-30-14-19-6-5-7-21(25)12-19/h5-12,16-17H,4,13-15H2,1-3H3,(H,26,29)/t16-,17+/m1/s1. The van der Waals surface area contributed by atoms with Gasteiger partial charge < -0.3 is 10.2 Å². The number of benzene rings is 2. The van der Waals surface area contributed by atoms with Crippen LogP contribution in [0.4, 0.5) is 0 Å². The molecule has 30 heavy (non-hydrogen) atoms. The molecule has 0 bridgehead atoms. The molecular formula is C23H28BrClN2O2S. The van der Waals surface area contributed by atoms with Crippen molar-refractivity contribution >= 4 is 51.1 Å². The van der Waals surface area contributed by atoms with Crippen LogP contribution in [0.1, 0.15) is 38.3 Å². The predicted molar refractivity (Wildman–Crippen MR) is 130 cm³/mol. The van der Waals surface area contributed by atoms with Crippen LogP contribution in [0.5, 0.6) is 0 Å². The maximum atomic E-state index is 13.1. The molecule has 2 rings (SSSR count). The fourth-order valence-corrected chi connectivity index (χ4v) is 4.14. The van der Waals surface area contributed by atoms with Crippen LogP contribution in [-0.2, 0) is 21.9 Å². The van der Waals surface area contributed by atoms with Crippen molar-refractivity contribution in [2.45, 2.75) is 51.6 Å². The van der Waals surface area contributed by atoms with Crippen LogP contribution in [0.3, 0.4) is 0 Å². The molecule has 0 fully saturated rings. The molecule has 2 aromatic carbocycles. The van der Waals surface area contributed by atoms with Crippen molar-refractivity contribution in [3.63, 3.8) is 0 Å². The van der Waals surface area contributed by atoms with E-state index < -0.39 is 6.04 Å². The fourth-order valence-electron chi connectivity index (χ4n) is 2.80. The van der Waals surface area contributed by atoms with Crippen LogP contribution in [-0.4, -0.2) is 34.6 Å². The third-order valence-electron chi connectivity index (χ3n) is 4.82. The van der Waals surface area contributed by atoms with Crippen LogP contribution in [0, 0.1) is 0 Å². The van der Waals surface area contributed by atoms with E-state index >= 15 is 0 Å². The van der Waals surface area contributed by atoms with Gasteiger partial charge in [0.25, 0.3) is 0 Å². The molecule has 0 saturated carbocycles. The van der Waals surface area contributed by atoms with Gasteiger partial charge in [-0.2, -0.15) is 0 Å². The number of nitrogens with one attached hydrogen (secondary N) is 1. The van der Waals surface area contributed by atoms with E-state index in [1.165, 1.54) is 11.8 Å². The Balaban J connectivity index is 2.07. The van der Waals surface area contributed by atoms with E-state index in [0.29, 0.717) is 23.1 Å². The number of carbonyl (C=O) groups is 2. The summed E-state index contributed by atoms with van der Waals surface area (Å²) in [6.07, 6.45) is 0.842. The molecule has 7 heteroatoms. The van der Waals surface area contributed by atoms with E-state index in [1.807, 2.05) is 62.4 Å². The highest BCUT2D eigenvalue weighted by molar-refractivity contribution is 9.10. The molecule has 0 radical (unpaired) electrons. The molecule has 0 saturated heterocycles. The molecule has 2 amide bonds. The van der Waals surface area contributed by atoms with Crippen molar-refractivity contribution in [3.05, 3.63) is 69.2 Å². The van der Waals surface area contributed by atoms with E-state index in [2.05, 4.69) is 21.2 Å². The summed E-state index contributed by atoms with van der Waals surface area (Å²) in [6.45, 7) is 6.16. The maximum Gasteiger partial charge on any atom is 0.242 e. The Morgan fingerprint density at radius 2 is 1.83 bits per heavy atom. The van der Waals surface area contributed by atoms with Gasteiger partial charge in [0.15, 0.2) is 0 Å². The van der Waals surface area contributed by atoms with Crippen LogP contribution in [0.25, 0.3) is 0 Å². The van der Waals surface area contributed by atoms with Crippen LogP contribution >= 0.6 is 39.3 Å². The summed E-state index contributed by atoms with van der Waals surface area (Å²) in [5.74, 6) is 0.793. The number of rotatable bonds is 10.